The van der Waals surface area contributed by atoms with Crippen LogP contribution in [-0.4, -0.2) is 109 Å². The third kappa shape index (κ3) is 3.74. The minimum Gasteiger partial charge on any atom is -0.394 e. The minimum atomic E-state index is -2.20. The number of ketones is 1. The number of hydrogen-bond donors (Lipinski definition) is 8. The van der Waals surface area contributed by atoms with E-state index in [1.807, 2.05) is 0 Å². The molecule has 1 saturated heterocycles. The molecule has 8 N–H and O–H groups in total. The molecule has 0 amide bonds. The molecule has 0 aromatic heterocycles. The number of aliphatic hydroxyl groups is 8. The molecule has 1 heterocycles. The predicted molar refractivity (Wildman–Crippen MR) is 63.9 cm³/mol. The zero-order valence-corrected chi connectivity index (χ0v) is 10.9. The summed E-state index contributed by atoms with van der Waals surface area (Å²) in [6, 6.07) is 0. The fourth-order valence-corrected chi connectivity index (χ4v) is 1.99. The van der Waals surface area contributed by atoms with Gasteiger partial charge in [-0.25, -0.2) is 0 Å². The molecule has 1 aliphatic rings. The van der Waals surface area contributed by atoms with Crippen LogP contribution in [0, 0.1) is 0 Å². The summed E-state index contributed by atoms with van der Waals surface area (Å²) in [5.41, 5.74) is 0. The predicted octanol–water partition coefficient (Wildman–Crippen LogP) is -5.53. The number of carbonyl (C=O) groups is 1. The smallest absolute Gasteiger partial charge is 0.195 e. The zero-order chi connectivity index (χ0) is 16.3. The molecule has 8 atom stereocenters. The van der Waals surface area contributed by atoms with Crippen molar-refractivity contribution in [3.63, 3.8) is 0 Å². The van der Waals surface area contributed by atoms with E-state index in [1.165, 1.54) is 0 Å². The molecule has 0 radical (unpaired) electrons. The Bertz CT molecular complexity index is 348. The number of Topliss-reactive ketones (excluding diaryl/α,β-unsaturated/α-hetero) is 1. The molecule has 10 heteroatoms. The molecule has 0 bridgehead atoms. The van der Waals surface area contributed by atoms with Crippen molar-refractivity contribution in [2.24, 2.45) is 0 Å². The van der Waals surface area contributed by atoms with E-state index < -0.39 is 67.8 Å². The van der Waals surface area contributed by atoms with Crippen molar-refractivity contribution in [2.45, 2.75) is 48.8 Å². The van der Waals surface area contributed by atoms with E-state index in [0.717, 1.165) is 0 Å². The van der Waals surface area contributed by atoms with Gasteiger partial charge in [0, 0.05) is 0 Å². The van der Waals surface area contributed by atoms with Gasteiger partial charge in [0.05, 0.1) is 13.2 Å². The van der Waals surface area contributed by atoms with Gasteiger partial charge in [0.15, 0.2) is 5.78 Å². The molecule has 0 aromatic rings. The number of rotatable bonds is 6. The lowest BCUT2D eigenvalue weighted by molar-refractivity contribution is -0.230. The number of hydrogen-bond acceptors (Lipinski definition) is 10. The summed E-state index contributed by atoms with van der Waals surface area (Å²) >= 11 is 0. The lowest BCUT2D eigenvalue weighted by atomic mass is 9.90. The highest BCUT2D eigenvalue weighted by atomic mass is 16.5. The molecule has 1 fully saturated rings. The highest BCUT2D eigenvalue weighted by molar-refractivity contribution is 5.88. The molecular formula is C11H20O10. The van der Waals surface area contributed by atoms with Crippen LogP contribution in [0.2, 0.25) is 0 Å². The van der Waals surface area contributed by atoms with Gasteiger partial charge in [-0.05, 0) is 0 Å². The maximum absolute atomic E-state index is 11.9. The van der Waals surface area contributed by atoms with Crippen LogP contribution in [-0.2, 0) is 9.53 Å². The first-order valence-corrected chi connectivity index (χ1v) is 6.25. The van der Waals surface area contributed by atoms with E-state index >= 15 is 0 Å². The van der Waals surface area contributed by atoms with Crippen molar-refractivity contribution >= 4 is 5.78 Å². The number of carbonyl (C=O) groups excluding carboxylic acids is 1. The van der Waals surface area contributed by atoms with Crippen LogP contribution in [0.3, 0.4) is 0 Å². The van der Waals surface area contributed by atoms with E-state index in [2.05, 4.69) is 0 Å². The molecular weight excluding hydrogens is 292 g/mol. The van der Waals surface area contributed by atoms with Crippen molar-refractivity contribution in [1.29, 1.82) is 0 Å². The second-order valence-electron chi connectivity index (χ2n) is 4.84. The Morgan fingerprint density at radius 3 is 2.05 bits per heavy atom. The van der Waals surface area contributed by atoms with Gasteiger partial charge < -0.3 is 45.6 Å². The fourth-order valence-electron chi connectivity index (χ4n) is 1.99. The summed E-state index contributed by atoms with van der Waals surface area (Å²) in [6.45, 7) is -1.67. The maximum atomic E-state index is 11.9. The molecule has 10 nitrogen and oxygen atoms in total. The van der Waals surface area contributed by atoms with Crippen LogP contribution in [0.5, 0.6) is 0 Å². The lowest BCUT2D eigenvalue weighted by Gasteiger charge is -2.40. The van der Waals surface area contributed by atoms with Gasteiger partial charge >= 0.3 is 0 Å². The summed E-state index contributed by atoms with van der Waals surface area (Å²) in [5, 5.41) is 74.5. The van der Waals surface area contributed by atoms with Crippen molar-refractivity contribution in [2.75, 3.05) is 13.2 Å². The molecule has 1 aliphatic heterocycles. The quantitative estimate of drug-likeness (QED) is 0.235. The topological polar surface area (TPSA) is 188 Å². The van der Waals surface area contributed by atoms with Crippen LogP contribution in [0.15, 0.2) is 0 Å². The second-order valence-corrected chi connectivity index (χ2v) is 4.84. The molecule has 1 rings (SSSR count). The lowest BCUT2D eigenvalue weighted by Crippen LogP contribution is -2.63. The van der Waals surface area contributed by atoms with E-state index in [4.69, 9.17) is 20.1 Å². The van der Waals surface area contributed by atoms with E-state index in [-0.39, 0.29) is 0 Å². The Balaban J connectivity index is 2.85. The van der Waals surface area contributed by atoms with Gasteiger partial charge in [0.25, 0.3) is 0 Å². The summed E-state index contributed by atoms with van der Waals surface area (Å²) in [5.74, 6) is -1.27. The highest BCUT2D eigenvalue weighted by Gasteiger charge is 2.48. The van der Waals surface area contributed by atoms with Gasteiger partial charge in [-0.15, -0.1) is 0 Å². The average molecular weight is 312 g/mol. The molecule has 124 valence electrons. The number of aliphatic hydroxyl groups excluding tert-OH is 8. The van der Waals surface area contributed by atoms with Crippen LogP contribution < -0.4 is 0 Å². The first kappa shape index (κ1) is 18.4. The SMILES string of the molecule is O=C(C1O[C@H](CO)[C@@H](O)[C@H](O)[C@@H]1O)[C@H](O)[C@@H](O)[C@H](O)CO. The average Bonchev–Trinajstić information content (AvgIpc) is 2.50. The Morgan fingerprint density at radius 2 is 1.57 bits per heavy atom. The Kier molecular flexibility index (Phi) is 6.59. The van der Waals surface area contributed by atoms with Gasteiger partial charge in [-0.3, -0.25) is 4.79 Å². The number of ether oxygens (including phenoxy) is 1. The Hall–Kier alpha value is -0.690. The van der Waals surface area contributed by atoms with Crippen LogP contribution in [0.1, 0.15) is 0 Å². The van der Waals surface area contributed by atoms with Crippen LogP contribution in [0.25, 0.3) is 0 Å². The third-order valence-corrected chi connectivity index (χ3v) is 3.37. The van der Waals surface area contributed by atoms with Crippen molar-refractivity contribution in [3.8, 4) is 0 Å². The molecule has 0 aromatic carbocycles. The van der Waals surface area contributed by atoms with Crippen molar-refractivity contribution in [3.05, 3.63) is 0 Å². The molecule has 21 heavy (non-hydrogen) atoms. The van der Waals surface area contributed by atoms with Crippen molar-refractivity contribution < 1.29 is 50.4 Å². The molecule has 0 aliphatic carbocycles. The zero-order valence-electron chi connectivity index (χ0n) is 10.9. The Morgan fingerprint density at radius 1 is 1.00 bits per heavy atom. The van der Waals surface area contributed by atoms with Gasteiger partial charge in [0.1, 0.15) is 48.8 Å². The first-order chi connectivity index (χ1) is 9.76. The Labute approximate surface area is 119 Å². The van der Waals surface area contributed by atoms with Crippen LogP contribution >= 0.6 is 0 Å². The summed E-state index contributed by atoms with van der Waals surface area (Å²) in [7, 11) is 0. The normalized spacial score (nSPS) is 37.8. The van der Waals surface area contributed by atoms with Gasteiger partial charge in [-0.1, -0.05) is 0 Å². The summed E-state index contributed by atoms with van der Waals surface area (Å²) < 4.78 is 4.90. The van der Waals surface area contributed by atoms with E-state index in [0.29, 0.717) is 0 Å². The first-order valence-electron chi connectivity index (χ1n) is 6.25. The fraction of sp³-hybridized carbons (Fsp3) is 0.909. The highest BCUT2D eigenvalue weighted by Crippen LogP contribution is 2.23. The van der Waals surface area contributed by atoms with Gasteiger partial charge in [0.2, 0.25) is 0 Å². The van der Waals surface area contributed by atoms with Crippen LogP contribution in [0.4, 0.5) is 0 Å². The third-order valence-electron chi connectivity index (χ3n) is 3.37. The largest absolute Gasteiger partial charge is 0.394 e. The monoisotopic (exact) mass is 312 g/mol. The maximum Gasteiger partial charge on any atom is 0.195 e. The van der Waals surface area contributed by atoms with E-state index in [9.17, 15) is 30.3 Å². The van der Waals surface area contributed by atoms with Crippen molar-refractivity contribution in [1.82, 2.24) is 0 Å². The van der Waals surface area contributed by atoms with Gasteiger partial charge in [-0.2, -0.15) is 0 Å². The summed E-state index contributed by atoms with van der Waals surface area (Å²) in [4.78, 5) is 11.9. The minimum absolute atomic E-state index is 0.757. The summed E-state index contributed by atoms with van der Waals surface area (Å²) in [6.07, 6.45) is -14.6. The molecule has 0 spiro atoms. The standard InChI is InChI=1S/C11H20O10/c12-1-3(14)5(15)7(17)9(19)11-10(20)8(18)6(16)4(2-13)21-11/h3-8,10-18,20H,1-2H2/t3-,4-,5+,6-,7-,8+,10+,11?/m1/s1. The molecule has 1 unspecified atom stereocenters. The molecule has 0 saturated carbocycles. The second kappa shape index (κ2) is 7.54. The van der Waals surface area contributed by atoms with E-state index in [1.54, 1.807) is 0 Å².